The maximum atomic E-state index is 13.1. The van der Waals surface area contributed by atoms with E-state index in [0.29, 0.717) is 0 Å². The normalized spacial score (nSPS) is 10.8. The van der Waals surface area contributed by atoms with Crippen molar-refractivity contribution in [2.24, 2.45) is 0 Å². The molecule has 0 aliphatic rings. The van der Waals surface area contributed by atoms with Crippen LogP contribution in [-0.2, 0) is 0 Å². The number of hydrogen-bond donors (Lipinski definition) is 0. The lowest BCUT2D eigenvalue weighted by molar-refractivity contribution is 0.103. The van der Waals surface area contributed by atoms with Gasteiger partial charge in [-0.05, 0) is 48.2 Å². The highest BCUT2D eigenvalue weighted by Crippen LogP contribution is 2.27. The quantitative estimate of drug-likeness (QED) is 0.601. The van der Waals surface area contributed by atoms with Crippen molar-refractivity contribution in [3.8, 4) is 0 Å². The van der Waals surface area contributed by atoms with E-state index in [-0.39, 0.29) is 5.78 Å². The van der Waals surface area contributed by atoms with Gasteiger partial charge >= 0.3 is 0 Å². The lowest BCUT2D eigenvalue weighted by atomic mass is 9.89. The van der Waals surface area contributed by atoms with Gasteiger partial charge in [-0.15, -0.1) is 0 Å². The van der Waals surface area contributed by atoms with Crippen LogP contribution in [0.2, 0.25) is 0 Å². The van der Waals surface area contributed by atoms with Gasteiger partial charge in [-0.1, -0.05) is 54.6 Å². The number of ketones is 1. The SMILES string of the molecule is Cc1cccc(C)c1C(=O)c1c(C)ccc2ccccc12. The Morgan fingerprint density at radius 1 is 0.667 bits per heavy atom. The summed E-state index contributed by atoms with van der Waals surface area (Å²) < 4.78 is 0. The van der Waals surface area contributed by atoms with E-state index >= 15 is 0 Å². The van der Waals surface area contributed by atoms with Gasteiger partial charge in [0.15, 0.2) is 5.78 Å². The predicted molar refractivity (Wildman–Crippen MR) is 88.0 cm³/mol. The number of rotatable bonds is 2. The highest BCUT2D eigenvalue weighted by atomic mass is 16.1. The van der Waals surface area contributed by atoms with Crippen LogP contribution in [0.5, 0.6) is 0 Å². The molecule has 0 aromatic heterocycles. The Morgan fingerprint density at radius 2 is 1.29 bits per heavy atom. The maximum Gasteiger partial charge on any atom is 0.194 e. The lowest BCUT2D eigenvalue weighted by Gasteiger charge is -2.13. The molecule has 1 nitrogen and oxygen atoms in total. The first-order valence-electron chi connectivity index (χ1n) is 7.19. The van der Waals surface area contributed by atoms with Crippen LogP contribution in [-0.4, -0.2) is 5.78 Å². The van der Waals surface area contributed by atoms with E-state index in [9.17, 15) is 4.79 Å². The summed E-state index contributed by atoms with van der Waals surface area (Å²) in [6.07, 6.45) is 0. The van der Waals surface area contributed by atoms with Crippen LogP contribution in [0.15, 0.2) is 54.6 Å². The fourth-order valence-corrected chi connectivity index (χ4v) is 2.98. The van der Waals surface area contributed by atoms with Crippen molar-refractivity contribution < 1.29 is 4.79 Å². The van der Waals surface area contributed by atoms with Gasteiger partial charge in [-0.2, -0.15) is 0 Å². The molecule has 3 rings (SSSR count). The second-order valence-electron chi connectivity index (χ2n) is 5.57. The maximum absolute atomic E-state index is 13.1. The molecule has 0 saturated heterocycles. The molecule has 0 saturated carbocycles. The van der Waals surface area contributed by atoms with Crippen molar-refractivity contribution in [3.05, 3.63) is 82.4 Å². The summed E-state index contributed by atoms with van der Waals surface area (Å²) in [4.78, 5) is 13.1. The number of carbonyl (C=O) groups is 1. The van der Waals surface area contributed by atoms with Crippen LogP contribution >= 0.6 is 0 Å². The van der Waals surface area contributed by atoms with Crippen molar-refractivity contribution in [2.75, 3.05) is 0 Å². The van der Waals surface area contributed by atoms with Crippen LogP contribution in [0.3, 0.4) is 0 Å². The molecule has 0 heterocycles. The summed E-state index contributed by atoms with van der Waals surface area (Å²) in [6.45, 7) is 6.01. The third-order valence-electron chi connectivity index (χ3n) is 4.07. The zero-order valence-corrected chi connectivity index (χ0v) is 12.6. The van der Waals surface area contributed by atoms with Gasteiger partial charge in [0, 0.05) is 11.1 Å². The standard InChI is InChI=1S/C20H18O/c1-13-7-6-8-14(2)18(13)20(21)19-15(3)11-12-16-9-4-5-10-17(16)19/h4-12H,1-3H3. The van der Waals surface area contributed by atoms with E-state index < -0.39 is 0 Å². The number of carbonyl (C=O) groups excluding carboxylic acids is 1. The highest BCUT2D eigenvalue weighted by Gasteiger charge is 2.18. The van der Waals surface area contributed by atoms with Crippen molar-refractivity contribution in [2.45, 2.75) is 20.8 Å². The van der Waals surface area contributed by atoms with Gasteiger partial charge < -0.3 is 0 Å². The molecule has 0 aliphatic carbocycles. The summed E-state index contributed by atoms with van der Waals surface area (Å²) >= 11 is 0. The van der Waals surface area contributed by atoms with Crippen LogP contribution in [0.25, 0.3) is 10.8 Å². The fraction of sp³-hybridized carbons (Fsp3) is 0.150. The van der Waals surface area contributed by atoms with Crippen molar-refractivity contribution in [1.29, 1.82) is 0 Å². The third kappa shape index (κ3) is 2.25. The Kier molecular flexibility index (Phi) is 3.34. The Labute approximate surface area is 125 Å². The molecule has 0 spiro atoms. The summed E-state index contributed by atoms with van der Waals surface area (Å²) in [5.41, 5.74) is 4.75. The van der Waals surface area contributed by atoms with E-state index in [2.05, 4.69) is 12.1 Å². The van der Waals surface area contributed by atoms with E-state index in [1.165, 1.54) is 0 Å². The number of benzene rings is 3. The molecular formula is C20H18O. The Bertz CT molecular complexity index is 823. The smallest absolute Gasteiger partial charge is 0.194 e. The van der Waals surface area contributed by atoms with Gasteiger partial charge in [-0.3, -0.25) is 4.79 Å². The molecule has 0 unspecified atom stereocenters. The molecule has 0 aliphatic heterocycles. The van der Waals surface area contributed by atoms with E-state index in [0.717, 1.165) is 38.6 Å². The molecule has 21 heavy (non-hydrogen) atoms. The van der Waals surface area contributed by atoms with Gasteiger partial charge in [-0.25, -0.2) is 0 Å². The van der Waals surface area contributed by atoms with Gasteiger partial charge in [0.1, 0.15) is 0 Å². The van der Waals surface area contributed by atoms with Crippen molar-refractivity contribution in [3.63, 3.8) is 0 Å². The topological polar surface area (TPSA) is 17.1 Å². The molecule has 0 fully saturated rings. The number of fused-ring (bicyclic) bond motifs is 1. The zero-order valence-electron chi connectivity index (χ0n) is 12.6. The van der Waals surface area contributed by atoms with E-state index in [1.54, 1.807) is 0 Å². The molecule has 3 aromatic rings. The Hall–Kier alpha value is -2.41. The largest absolute Gasteiger partial charge is 0.289 e. The average molecular weight is 274 g/mol. The van der Waals surface area contributed by atoms with Gasteiger partial charge in [0.2, 0.25) is 0 Å². The molecule has 0 amide bonds. The first kappa shape index (κ1) is 13.6. The second kappa shape index (κ2) is 5.17. The monoisotopic (exact) mass is 274 g/mol. The Balaban J connectivity index is 2.30. The van der Waals surface area contributed by atoms with Crippen LogP contribution < -0.4 is 0 Å². The molecule has 1 heteroatoms. The summed E-state index contributed by atoms with van der Waals surface area (Å²) in [5.74, 6) is 0.125. The second-order valence-corrected chi connectivity index (χ2v) is 5.57. The van der Waals surface area contributed by atoms with Crippen LogP contribution in [0, 0.1) is 20.8 Å². The lowest BCUT2D eigenvalue weighted by Crippen LogP contribution is -2.08. The number of hydrogen-bond acceptors (Lipinski definition) is 1. The first-order chi connectivity index (χ1) is 10.1. The Morgan fingerprint density at radius 3 is 2.00 bits per heavy atom. The predicted octanol–water partition coefficient (Wildman–Crippen LogP) is 5.00. The molecule has 0 bridgehead atoms. The fourth-order valence-electron chi connectivity index (χ4n) is 2.98. The summed E-state index contributed by atoms with van der Waals surface area (Å²) in [5, 5.41) is 2.14. The molecule has 0 atom stereocenters. The number of aryl methyl sites for hydroxylation is 3. The van der Waals surface area contributed by atoms with Gasteiger partial charge in [0.25, 0.3) is 0 Å². The average Bonchev–Trinajstić information content (AvgIpc) is 2.46. The highest BCUT2D eigenvalue weighted by molar-refractivity contribution is 6.18. The molecular weight excluding hydrogens is 256 g/mol. The minimum Gasteiger partial charge on any atom is -0.289 e. The minimum atomic E-state index is 0.125. The molecule has 0 radical (unpaired) electrons. The van der Waals surface area contributed by atoms with E-state index in [4.69, 9.17) is 0 Å². The third-order valence-corrected chi connectivity index (χ3v) is 4.07. The van der Waals surface area contributed by atoms with Crippen molar-refractivity contribution in [1.82, 2.24) is 0 Å². The first-order valence-corrected chi connectivity index (χ1v) is 7.19. The van der Waals surface area contributed by atoms with Crippen LogP contribution in [0.4, 0.5) is 0 Å². The minimum absolute atomic E-state index is 0.125. The van der Waals surface area contributed by atoms with Crippen molar-refractivity contribution >= 4 is 16.6 Å². The van der Waals surface area contributed by atoms with Crippen LogP contribution in [0.1, 0.15) is 32.6 Å². The molecule has 104 valence electrons. The van der Waals surface area contributed by atoms with E-state index in [1.807, 2.05) is 63.2 Å². The summed E-state index contributed by atoms with van der Waals surface area (Å²) in [7, 11) is 0. The molecule has 3 aromatic carbocycles. The summed E-state index contributed by atoms with van der Waals surface area (Å²) in [6, 6.07) is 18.2. The van der Waals surface area contributed by atoms with Gasteiger partial charge in [0.05, 0.1) is 0 Å². The molecule has 0 N–H and O–H groups in total. The zero-order chi connectivity index (χ0) is 15.0.